The number of halogens is 3. The molecule has 3 amide bonds. The summed E-state index contributed by atoms with van der Waals surface area (Å²) in [4.78, 5) is 39.9. The van der Waals surface area contributed by atoms with E-state index in [0.717, 1.165) is 43.1 Å². The minimum absolute atomic E-state index is 0.127. The predicted molar refractivity (Wildman–Crippen MR) is 142 cm³/mol. The van der Waals surface area contributed by atoms with Crippen molar-refractivity contribution in [2.45, 2.75) is 110 Å². The van der Waals surface area contributed by atoms with Gasteiger partial charge >= 0.3 is 12.3 Å². The second-order valence-electron chi connectivity index (χ2n) is 11.6. The van der Waals surface area contributed by atoms with Crippen molar-refractivity contribution in [1.29, 1.82) is 0 Å². The lowest BCUT2D eigenvalue weighted by atomic mass is 10.0. The normalized spacial score (nSPS) is 18.8. The highest BCUT2D eigenvalue weighted by molar-refractivity contribution is 5.97. The van der Waals surface area contributed by atoms with Crippen LogP contribution >= 0.6 is 0 Å². The highest BCUT2D eigenvalue weighted by atomic mass is 19.4. The fourth-order valence-electron chi connectivity index (χ4n) is 4.34. The second-order valence-corrected chi connectivity index (χ2v) is 11.6. The Balaban J connectivity index is 2.09. The van der Waals surface area contributed by atoms with Crippen molar-refractivity contribution in [3.8, 4) is 5.75 Å². The third-order valence-corrected chi connectivity index (χ3v) is 6.40. The molecule has 0 saturated carbocycles. The Kier molecular flexibility index (Phi) is 10.9. The summed E-state index contributed by atoms with van der Waals surface area (Å²) < 4.78 is 57.7. The number of benzene rings is 1. The molecule has 1 aromatic rings. The van der Waals surface area contributed by atoms with Gasteiger partial charge in [-0.25, -0.2) is 4.79 Å². The minimum Gasteiger partial charge on any atom is -0.493 e. The zero-order valence-corrected chi connectivity index (χ0v) is 24.4. The molecule has 1 aromatic carbocycles. The number of rotatable bonds is 10. The predicted octanol–water partition coefficient (Wildman–Crippen LogP) is 5.97. The minimum atomic E-state index is -4.76. The van der Waals surface area contributed by atoms with Crippen LogP contribution in [0.15, 0.2) is 18.2 Å². The molecule has 0 aromatic heterocycles. The molecule has 2 N–H and O–H groups in total. The number of carbonyl (C=O) groups is 3. The third kappa shape index (κ3) is 8.74. The molecule has 0 unspecified atom stereocenters. The van der Waals surface area contributed by atoms with Crippen molar-refractivity contribution in [2.24, 2.45) is 0 Å². The van der Waals surface area contributed by atoms with Crippen molar-refractivity contribution in [3.63, 3.8) is 0 Å². The molecule has 0 radical (unpaired) electrons. The molecule has 1 aliphatic rings. The van der Waals surface area contributed by atoms with Gasteiger partial charge in [0, 0.05) is 5.56 Å². The van der Waals surface area contributed by atoms with E-state index in [1.54, 1.807) is 34.6 Å². The van der Waals surface area contributed by atoms with E-state index in [-0.39, 0.29) is 24.5 Å². The number of nitrogens with one attached hydrogen (secondary N) is 2. The number of hydrazine groups is 1. The molecule has 1 saturated heterocycles. The van der Waals surface area contributed by atoms with Crippen LogP contribution in [0.2, 0.25) is 0 Å². The molecular weight excluding hydrogens is 531 g/mol. The summed E-state index contributed by atoms with van der Waals surface area (Å²) in [5, 5.41) is 0. The van der Waals surface area contributed by atoms with E-state index in [1.807, 2.05) is 0 Å². The quantitative estimate of drug-likeness (QED) is 0.264. The summed E-state index contributed by atoms with van der Waals surface area (Å²) in [5.41, 5.74) is -0.721. The topological polar surface area (TPSA) is 106 Å². The molecule has 0 spiro atoms. The van der Waals surface area contributed by atoms with Crippen molar-refractivity contribution in [1.82, 2.24) is 15.8 Å². The number of nitrogens with zero attached hydrogens (tertiary/aromatic N) is 1. The number of carbonyl (C=O) groups excluding carboxylic acids is 3. The number of ether oxygens (including phenoxy) is 3. The van der Waals surface area contributed by atoms with Crippen LogP contribution in [0.4, 0.5) is 18.0 Å². The fourth-order valence-corrected chi connectivity index (χ4v) is 4.34. The smallest absolute Gasteiger partial charge is 0.419 e. The Morgan fingerprint density at radius 1 is 1.00 bits per heavy atom. The fraction of sp³-hybridized carbons (Fsp3) is 0.679. The summed E-state index contributed by atoms with van der Waals surface area (Å²) in [5.74, 6) is -2.16. The first-order valence-corrected chi connectivity index (χ1v) is 13.5. The van der Waals surface area contributed by atoms with Gasteiger partial charge in [-0.05, 0) is 66.2 Å². The summed E-state index contributed by atoms with van der Waals surface area (Å²) in [6.45, 7) is 11.7. The first kappa shape index (κ1) is 33.2. The zero-order chi connectivity index (χ0) is 30.4. The summed E-state index contributed by atoms with van der Waals surface area (Å²) in [6.07, 6.45) is 0.208. The lowest BCUT2D eigenvalue weighted by Gasteiger charge is -2.39. The SMILES string of the molecule is CCCCCCCCOc1ccc(C(=O)NNC(=O)[C@@]2(C)COC(C)(C)N2C(=O)OC(C)(C)C)cc1C(F)(F)F. The van der Waals surface area contributed by atoms with Gasteiger partial charge in [-0.3, -0.25) is 25.3 Å². The van der Waals surface area contributed by atoms with Crippen LogP contribution in [-0.2, 0) is 20.4 Å². The Morgan fingerprint density at radius 3 is 2.23 bits per heavy atom. The molecule has 40 heavy (non-hydrogen) atoms. The molecular formula is C28H42F3N3O6. The van der Waals surface area contributed by atoms with Crippen LogP contribution in [0.1, 0.15) is 103 Å². The van der Waals surface area contributed by atoms with E-state index in [1.165, 1.54) is 13.0 Å². The molecule has 1 fully saturated rings. The van der Waals surface area contributed by atoms with Gasteiger partial charge in [0.25, 0.3) is 11.8 Å². The molecule has 1 atom stereocenters. The zero-order valence-electron chi connectivity index (χ0n) is 24.4. The van der Waals surface area contributed by atoms with Crippen molar-refractivity contribution >= 4 is 17.9 Å². The van der Waals surface area contributed by atoms with Crippen LogP contribution < -0.4 is 15.6 Å². The van der Waals surface area contributed by atoms with Crippen molar-refractivity contribution < 1.29 is 41.8 Å². The Hall–Kier alpha value is -3.02. The van der Waals surface area contributed by atoms with Gasteiger partial charge in [0.05, 0.1) is 18.8 Å². The summed E-state index contributed by atoms with van der Waals surface area (Å²) in [6, 6.07) is 2.95. The van der Waals surface area contributed by atoms with E-state index >= 15 is 0 Å². The summed E-state index contributed by atoms with van der Waals surface area (Å²) in [7, 11) is 0. The maximum absolute atomic E-state index is 13.7. The Bertz CT molecular complexity index is 1050. The average Bonchev–Trinajstić information content (AvgIpc) is 3.09. The molecule has 226 valence electrons. The number of unbranched alkanes of at least 4 members (excludes halogenated alkanes) is 5. The third-order valence-electron chi connectivity index (χ3n) is 6.40. The van der Waals surface area contributed by atoms with Gasteiger partial charge in [-0.2, -0.15) is 13.2 Å². The number of amides is 3. The average molecular weight is 574 g/mol. The van der Waals surface area contributed by atoms with Gasteiger partial charge < -0.3 is 14.2 Å². The van der Waals surface area contributed by atoms with Crippen molar-refractivity contribution in [2.75, 3.05) is 13.2 Å². The second kappa shape index (κ2) is 13.1. The number of hydrogen-bond donors (Lipinski definition) is 2. The highest BCUT2D eigenvalue weighted by Crippen LogP contribution is 2.38. The maximum atomic E-state index is 13.7. The van der Waals surface area contributed by atoms with Crippen LogP contribution in [0.25, 0.3) is 0 Å². The van der Waals surface area contributed by atoms with Crippen LogP contribution in [0.3, 0.4) is 0 Å². The van der Waals surface area contributed by atoms with Crippen LogP contribution in [-0.4, -0.2) is 52.9 Å². The standard InChI is InChI=1S/C28H42F3N3O6/c1-8-9-10-11-12-13-16-38-21-15-14-19(17-20(21)28(29,30)31)22(35)32-33-23(36)27(7)18-39-26(5,6)34(27)24(37)40-25(2,3)4/h14-15,17H,8-13,16,18H2,1-7H3,(H,32,35)(H,33,36)/t27-/m1/s1. The molecule has 12 heteroatoms. The van der Waals surface area contributed by atoms with Gasteiger partial charge in [0.1, 0.15) is 22.6 Å². The maximum Gasteiger partial charge on any atom is 0.419 e. The van der Waals surface area contributed by atoms with E-state index in [2.05, 4.69) is 17.8 Å². The van der Waals surface area contributed by atoms with E-state index in [9.17, 15) is 27.6 Å². The lowest BCUT2D eigenvalue weighted by Crippen LogP contribution is -2.63. The molecule has 9 nitrogen and oxygen atoms in total. The van der Waals surface area contributed by atoms with Crippen molar-refractivity contribution in [3.05, 3.63) is 29.3 Å². The van der Waals surface area contributed by atoms with E-state index < -0.39 is 46.5 Å². The van der Waals surface area contributed by atoms with Gasteiger partial charge in [-0.1, -0.05) is 39.0 Å². The van der Waals surface area contributed by atoms with Gasteiger partial charge in [-0.15, -0.1) is 0 Å². The molecule has 1 aliphatic heterocycles. The molecule has 0 bridgehead atoms. The highest BCUT2D eigenvalue weighted by Gasteiger charge is 2.57. The number of hydrogen-bond acceptors (Lipinski definition) is 6. The molecule has 1 heterocycles. The number of alkyl halides is 3. The van der Waals surface area contributed by atoms with E-state index in [0.29, 0.717) is 12.5 Å². The van der Waals surface area contributed by atoms with Gasteiger partial charge in [0.15, 0.2) is 0 Å². The largest absolute Gasteiger partial charge is 0.493 e. The van der Waals surface area contributed by atoms with Gasteiger partial charge in [0.2, 0.25) is 0 Å². The lowest BCUT2D eigenvalue weighted by molar-refractivity contribution is -0.139. The first-order chi connectivity index (χ1) is 18.4. The van der Waals surface area contributed by atoms with Crippen LogP contribution in [0.5, 0.6) is 5.75 Å². The Labute approximate surface area is 234 Å². The van der Waals surface area contributed by atoms with E-state index in [4.69, 9.17) is 14.2 Å². The summed E-state index contributed by atoms with van der Waals surface area (Å²) >= 11 is 0. The first-order valence-electron chi connectivity index (χ1n) is 13.5. The monoisotopic (exact) mass is 573 g/mol. The Morgan fingerprint density at radius 2 is 1.62 bits per heavy atom. The molecule has 2 rings (SSSR count). The molecule has 0 aliphatic carbocycles. The van der Waals surface area contributed by atoms with Crippen LogP contribution in [0, 0.1) is 0 Å².